The zero-order valence-corrected chi connectivity index (χ0v) is 11.9. The molecule has 0 aliphatic rings. The number of benzene rings is 1. The number of nitrogens with zero attached hydrogens (tertiary/aromatic N) is 1. The Morgan fingerprint density at radius 3 is 2.07 bits per heavy atom. The smallest absolute Gasteiger partial charge is 0.127 e. The van der Waals surface area contributed by atoms with Crippen LogP contribution in [0, 0.1) is 0 Å². The maximum atomic E-state index is 12.1. The highest BCUT2D eigenvalue weighted by Gasteiger charge is 2.23. The fourth-order valence-electron chi connectivity index (χ4n) is 0.958. The van der Waals surface area contributed by atoms with E-state index in [9.17, 15) is 4.21 Å². The lowest BCUT2D eigenvalue weighted by Crippen LogP contribution is -2.39. The van der Waals surface area contributed by atoms with Gasteiger partial charge in [-0.3, -0.25) is 0 Å². The fraction of sp³-hybridized carbons (Fsp3) is 0.455. The summed E-state index contributed by atoms with van der Waals surface area (Å²) in [6.45, 7) is 6.14. The van der Waals surface area contributed by atoms with Crippen molar-refractivity contribution in [3.05, 3.63) is 28.7 Å². The topological polar surface area (TPSA) is 20.3 Å². The lowest BCUT2D eigenvalue weighted by atomic mass is 10.1. The van der Waals surface area contributed by atoms with Crippen LogP contribution in [0.1, 0.15) is 20.8 Å². The van der Waals surface area contributed by atoms with Gasteiger partial charge in [-0.2, -0.15) is 0 Å². The van der Waals surface area contributed by atoms with Gasteiger partial charge in [-0.1, -0.05) is 15.9 Å². The third-order valence-electron chi connectivity index (χ3n) is 2.21. The van der Waals surface area contributed by atoms with Crippen LogP contribution in [0.2, 0.25) is 0 Å². The van der Waals surface area contributed by atoms with Gasteiger partial charge in [0, 0.05) is 17.1 Å². The van der Waals surface area contributed by atoms with Gasteiger partial charge in [0.25, 0.3) is 0 Å². The summed E-state index contributed by atoms with van der Waals surface area (Å²) in [5, 5.41) is 0. The lowest BCUT2D eigenvalue weighted by molar-refractivity contribution is 0.307. The molecule has 15 heavy (non-hydrogen) atoms. The second-order valence-corrected chi connectivity index (χ2v) is 6.80. The summed E-state index contributed by atoms with van der Waals surface area (Å²) in [7, 11) is 0.780. The Hall–Kier alpha value is -0.190. The van der Waals surface area contributed by atoms with E-state index in [1.165, 1.54) is 0 Å². The predicted molar refractivity (Wildman–Crippen MR) is 68.1 cm³/mol. The molecular weight excluding hydrogens is 274 g/mol. The maximum absolute atomic E-state index is 12.1. The summed E-state index contributed by atoms with van der Waals surface area (Å²) in [5.41, 5.74) is -0.0993. The summed E-state index contributed by atoms with van der Waals surface area (Å²) < 4.78 is 15.0. The van der Waals surface area contributed by atoms with Crippen LogP contribution < -0.4 is 0 Å². The summed E-state index contributed by atoms with van der Waals surface area (Å²) in [4.78, 5) is 0.829. The molecule has 0 fully saturated rings. The molecule has 84 valence electrons. The molecule has 0 aliphatic carbocycles. The zero-order chi connectivity index (χ0) is 11.6. The van der Waals surface area contributed by atoms with Crippen LogP contribution in [0.25, 0.3) is 0 Å². The Morgan fingerprint density at radius 2 is 1.67 bits per heavy atom. The van der Waals surface area contributed by atoms with Crippen LogP contribution in [0.5, 0.6) is 0 Å². The summed E-state index contributed by atoms with van der Waals surface area (Å²) in [6.07, 6.45) is 0. The molecule has 1 aromatic rings. The van der Waals surface area contributed by atoms with E-state index >= 15 is 0 Å². The normalized spacial score (nSPS) is 14.3. The van der Waals surface area contributed by atoms with Gasteiger partial charge in [-0.15, -0.1) is 0 Å². The van der Waals surface area contributed by atoms with Crippen molar-refractivity contribution in [1.29, 1.82) is 0 Å². The van der Waals surface area contributed by atoms with E-state index in [1.807, 2.05) is 56.4 Å². The van der Waals surface area contributed by atoms with Gasteiger partial charge in [0.2, 0.25) is 0 Å². The number of rotatable bonds is 2. The van der Waals surface area contributed by atoms with E-state index in [0.717, 1.165) is 9.37 Å². The molecule has 0 aliphatic heterocycles. The molecule has 0 spiro atoms. The molecule has 4 heteroatoms. The van der Waals surface area contributed by atoms with E-state index in [4.69, 9.17) is 0 Å². The first-order valence-corrected chi connectivity index (χ1v) is 6.63. The van der Waals surface area contributed by atoms with E-state index in [-0.39, 0.29) is 5.54 Å². The number of hydrogen-bond acceptors (Lipinski definition) is 1. The molecule has 0 radical (unpaired) electrons. The van der Waals surface area contributed by atoms with Gasteiger partial charge in [-0.05, 0) is 45.0 Å². The van der Waals surface area contributed by atoms with Gasteiger partial charge in [-0.25, -0.2) is 8.51 Å². The third-order valence-corrected chi connectivity index (χ3v) is 4.46. The molecule has 0 aromatic heterocycles. The lowest BCUT2D eigenvalue weighted by Gasteiger charge is -2.30. The number of halogens is 1. The van der Waals surface area contributed by atoms with Crippen molar-refractivity contribution >= 4 is 26.9 Å². The average Bonchev–Trinajstić information content (AvgIpc) is 2.15. The Balaban J connectivity index is 2.90. The highest BCUT2D eigenvalue weighted by molar-refractivity contribution is 9.10. The second-order valence-electron chi connectivity index (χ2n) is 4.37. The van der Waals surface area contributed by atoms with Crippen molar-refractivity contribution in [1.82, 2.24) is 4.31 Å². The summed E-state index contributed by atoms with van der Waals surface area (Å²) in [6, 6.07) is 7.57. The molecule has 0 heterocycles. The van der Waals surface area contributed by atoms with Gasteiger partial charge < -0.3 is 0 Å². The molecule has 0 bridgehead atoms. The maximum Gasteiger partial charge on any atom is 0.127 e. The summed E-state index contributed by atoms with van der Waals surface area (Å²) >= 11 is 3.36. The van der Waals surface area contributed by atoms with Gasteiger partial charge in [0.1, 0.15) is 11.0 Å². The van der Waals surface area contributed by atoms with E-state index in [2.05, 4.69) is 15.9 Å². The first kappa shape index (κ1) is 12.9. The Labute approximate surface area is 102 Å². The molecule has 0 saturated heterocycles. The molecule has 0 amide bonds. The van der Waals surface area contributed by atoms with Crippen LogP contribution in [0.15, 0.2) is 33.6 Å². The Kier molecular flexibility index (Phi) is 4.09. The van der Waals surface area contributed by atoms with Crippen molar-refractivity contribution in [3.63, 3.8) is 0 Å². The number of hydrogen-bond donors (Lipinski definition) is 0. The molecule has 1 aromatic carbocycles. The molecule has 0 saturated carbocycles. The Bertz CT molecular complexity index is 356. The predicted octanol–water partition coefficient (Wildman–Crippen LogP) is 3.20. The van der Waals surface area contributed by atoms with E-state index < -0.39 is 11.0 Å². The third kappa shape index (κ3) is 3.40. The molecular formula is C11H16BrNOS. The first-order valence-electron chi connectivity index (χ1n) is 4.73. The SMILES string of the molecule is CN(S(=O)c1ccc(Br)cc1)C(C)(C)C. The first-order chi connectivity index (χ1) is 6.82. The molecule has 1 atom stereocenters. The minimum Gasteiger partial charge on any atom is -0.237 e. The minimum atomic E-state index is -1.09. The van der Waals surface area contributed by atoms with Crippen molar-refractivity contribution in [2.75, 3.05) is 7.05 Å². The largest absolute Gasteiger partial charge is 0.237 e. The van der Waals surface area contributed by atoms with Crippen LogP contribution in [0.3, 0.4) is 0 Å². The van der Waals surface area contributed by atoms with E-state index in [0.29, 0.717) is 0 Å². The molecule has 2 nitrogen and oxygen atoms in total. The van der Waals surface area contributed by atoms with Crippen molar-refractivity contribution in [2.45, 2.75) is 31.2 Å². The highest BCUT2D eigenvalue weighted by Crippen LogP contribution is 2.20. The van der Waals surface area contributed by atoms with Crippen molar-refractivity contribution in [3.8, 4) is 0 Å². The molecule has 0 N–H and O–H groups in total. The van der Waals surface area contributed by atoms with Gasteiger partial charge in [0.15, 0.2) is 0 Å². The quantitative estimate of drug-likeness (QED) is 0.819. The highest BCUT2D eigenvalue weighted by atomic mass is 79.9. The van der Waals surface area contributed by atoms with Crippen LogP contribution in [-0.4, -0.2) is 21.1 Å². The van der Waals surface area contributed by atoms with Crippen molar-refractivity contribution in [2.24, 2.45) is 0 Å². The van der Waals surface area contributed by atoms with Gasteiger partial charge >= 0.3 is 0 Å². The van der Waals surface area contributed by atoms with Crippen molar-refractivity contribution < 1.29 is 4.21 Å². The molecule has 1 unspecified atom stereocenters. The van der Waals surface area contributed by atoms with Crippen LogP contribution in [-0.2, 0) is 11.0 Å². The standard InChI is InChI=1S/C11H16BrNOS/c1-11(2,3)13(4)15(14)10-7-5-9(12)6-8-10/h5-8H,1-4H3. The monoisotopic (exact) mass is 289 g/mol. The van der Waals surface area contributed by atoms with E-state index in [1.54, 1.807) is 0 Å². The zero-order valence-electron chi connectivity index (χ0n) is 9.45. The minimum absolute atomic E-state index is 0.0993. The van der Waals surface area contributed by atoms with Gasteiger partial charge in [0.05, 0.1) is 4.90 Å². The Morgan fingerprint density at radius 1 is 1.20 bits per heavy atom. The van der Waals surface area contributed by atoms with Crippen LogP contribution in [0.4, 0.5) is 0 Å². The van der Waals surface area contributed by atoms with Crippen LogP contribution >= 0.6 is 15.9 Å². The second kappa shape index (κ2) is 4.76. The average molecular weight is 290 g/mol. The molecule has 1 rings (SSSR count). The fourth-order valence-corrected chi connectivity index (χ4v) is 2.40. The summed E-state index contributed by atoms with van der Waals surface area (Å²) in [5.74, 6) is 0.